The summed E-state index contributed by atoms with van der Waals surface area (Å²) < 4.78 is 29.2. The first-order chi connectivity index (χ1) is 16.3. The molecule has 1 aromatic heterocycles. The maximum atomic E-state index is 13.1. The summed E-state index contributed by atoms with van der Waals surface area (Å²) in [6.07, 6.45) is 0. The highest BCUT2D eigenvalue weighted by Crippen LogP contribution is 2.43. The number of hydrogen-bond donors (Lipinski definition) is 1. The third-order valence-electron chi connectivity index (χ3n) is 5.60. The minimum absolute atomic E-state index is 0.415. The number of nitrogens with one attached hydrogen (secondary N) is 1. The minimum Gasteiger partial charge on any atom is -0.378 e. The molecule has 4 aromatic rings. The fourth-order valence-corrected chi connectivity index (χ4v) is 5.30. The second-order valence-electron chi connectivity index (χ2n) is 7.80. The Morgan fingerprint density at radius 1 is 0.912 bits per heavy atom. The zero-order valence-electron chi connectivity index (χ0n) is 18.1. The summed E-state index contributed by atoms with van der Waals surface area (Å²) in [5, 5.41) is 10.4. The number of rotatable bonds is 5. The second-order valence-corrected chi connectivity index (χ2v) is 10.5. The van der Waals surface area contributed by atoms with Crippen LogP contribution in [0.15, 0.2) is 84.3 Å². The largest absolute Gasteiger partial charge is 0.378 e. The van der Waals surface area contributed by atoms with Crippen molar-refractivity contribution < 1.29 is 8.42 Å². The van der Waals surface area contributed by atoms with Crippen molar-refractivity contribution in [3.05, 3.63) is 106 Å². The van der Waals surface area contributed by atoms with Gasteiger partial charge in [-0.05, 0) is 29.8 Å². The van der Waals surface area contributed by atoms with Gasteiger partial charge in [0.2, 0.25) is 0 Å². The van der Waals surface area contributed by atoms with E-state index >= 15 is 0 Å². The van der Waals surface area contributed by atoms with Gasteiger partial charge >= 0.3 is 0 Å². The Kier molecular flexibility index (Phi) is 5.85. The maximum absolute atomic E-state index is 13.1. The van der Waals surface area contributed by atoms with Crippen molar-refractivity contribution in [3.63, 3.8) is 0 Å². The second kappa shape index (κ2) is 8.83. The summed E-state index contributed by atoms with van der Waals surface area (Å²) in [5.74, 6) is 0. The van der Waals surface area contributed by atoms with Gasteiger partial charge in [0.1, 0.15) is 11.4 Å². The molecule has 6 nitrogen and oxygen atoms in total. The van der Waals surface area contributed by atoms with E-state index in [0.717, 1.165) is 11.1 Å². The van der Waals surface area contributed by atoms with Crippen LogP contribution in [0.5, 0.6) is 0 Å². The molecule has 0 aliphatic carbocycles. The average molecular weight is 511 g/mol. The number of benzene rings is 3. The number of halogens is 2. The Morgan fingerprint density at radius 3 is 2.29 bits per heavy atom. The maximum Gasteiger partial charge on any atom is 0.259 e. The van der Waals surface area contributed by atoms with E-state index < -0.39 is 10.0 Å². The van der Waals surface area contributed by atoms with E-state index in [0.29, 0.717) is 45.0 Å². The van der Waals surface area contributed by atoms with Crippen LogP contribution in [-0.4, -0.2) is 25.2 Å². The van der Waals surface area contributed by atoms with Crippen LogP contribution in [0.1, 0.15) is 11.3 Å². The fourth-order valence-electron chi connectivity index (χ4n) is 3.88. The van der Waals surface area contributed by atoms with Crippen molar-refractivity contribution in [1.82, 2.24) is 15.1 Å². The molecule has 0 radical (unpaired) electrons. The highest BCUT2D eigenvalue weighted by atomic mass is 35.5. The van der Waals surface area contributed by atoms with E-state index in [1.807, 2.05) is 60.7 Å². The first-order valence-corrected chi connectivity index (χ1v) is 12.7. The molecule has 0 fully saturated rings. The van der Waals surface area contributed by atoms with Crippen LogP contribution < -0.4 is 9.62 Å². The zero-order chi connectivity index (χ0) is 23.9. The molecule has 172 valence electrons. The Labute approximate surface area is 208 Å². The first-order valence-electron chi connectivity index (χ1n) is 10.5. The lowest BCUT2D eigenvalue weighted by Crippen LogP contribution is -2.31. The molecule has 1 aliphatic rings. The summed E-state index contributed by atoms with van der Waals surface area (Å²) in [5.41, 5.74) is 4.39. The molecule has 1 aliphatic heterocycles. The van der Waals surface area contributed by atoms with E-state index in [9.17, 15) is 8.42 Å². The zero-order valence-corrected chi connectivity index (χ0v) is 20.4. The molecule has 2 heterocycles. The number of sulfonamides is 1. The van der Waals surface area contributed by atoms with Crippen LogP contribution in [0, 0.1) is 0 Å². The molecule has 34 heavy (non-hydrogen) atoms. The molecule has 0 spiro atoms. The highest BCUT2D eigenvalue weighted by molar-refractivity contribution is 7.95. The van der Waals surface area contributed by atoms with Gasteiger partial charge in [-0.3, -0.25) is 4.31 Å². The van der Waals surface area contributed by atoms with Gasteiger partial charge in [0, 0.05) is 24.2 Å². The Balaban J connectivity index is 1.73. The fraction of sp³-hybridized carbons (Fsp3) is 0.0800. The minimum atomic E-state index is -3.75. The predicted molar refractivity (Wildman–Crippen MR) is 138 cm³/mol. The van der Waals surface area contributed by atoms with Crippen molar-refractivity contribution >= 4 is 44.6 Å². The van der Waals surface area contributed by atoms with Gasteiger partial charge in [-0.1, -0.05) is 77.8 Å². The molecule has 1 N–H and O–H groups in total. The van der Waals surface area contributed by atoms with Crippen molar-refractivity contribution in [3.8, 4) is 16.9 Å². The van der Waals surface area contributed by atoms with Gasteiger partial charge in [-0.15, -0.1) is 0 Å². The van der Waals surface area contributed by atoms with Gasteiger partial charge < -0.3 is 5.32 Å². The van der Waals surface area contributed by atoms with Crippen molar-refractivity contribution in [2.75, 3.05) is 11.4 Å². The van der Waals surface area contributed by atoms with Gasteiger partial charge in [-0.25, -0.2) is 13.1 Å². The van der Waals surface area contributed by atoms with Crippen LogP contribution >= 0.6 is 23.2 Å². The SMILES string of the molecule is CN1c2c(nn(-c3ccccc3Cl)c2-c2ccc(Cl)cc2)C(NCc2ccccc2)=CS1(=O)=O. The third kappa shape index (κ3) is 4.07. The molecule has 0 saturated heterocycles. The average Bonchev–Trinajstić information content (AvgIpc) is 3.22. The number of hydrogen-bond acceptors (Lipinski definition) is 4. The topological polar surface area (TPSA) is 67.2 Å². The lowest BCUT2D eigenvalue weighted by molar-refractivity contribution is 0.602. The van der Waals surface area contributed by atoms with Crippen LogP contribution in [0.25, 0.3) is 22.6 Å². The monoisotopic (exact) mass is 510 g/mol. The summed E-state index contributed by atoms with van der Waals surface area (Å²) in [4.78, 5) is 0. The Morgan fingerprint density at radius 2 is 1.59 bits per heavy atom. The smallest absolute Gasteiger partial charge is 0.259 e. The molecular formula is C25H20Cl2N4O2S. The summed E-state index contributed by atoms with van der Waals surface area (Å²) in [7, 11) is -2.23. The number of fused-ring (bicyclic) bond motifs is 1. The number of anilines is 1. The van der Waals surface area contributed by atoms with Crippen LogP contribution in [0.4, 0.5) is 5.69 Å². The first kappa shape index (κ1) is 22.5. The standard InChI is InChI=1S/C25H20Cl2N4O2S/c1-30-25-23(21(16-34(30,32)33)28-15-17-7-3-2-4-8-17)29-31(22-10-6-5-9-20(22)27)24(25)18-11-13-19(26)14-12-18/h2-14,16,28H,15H2,1H3. The van der Waals surface area contributed by atoms with Crippen LogP contribution in [0.2, 0.25) is 10.0 Å². The number of nitrogens with zero attached hydrogens (tertiary/aromatic N) is 3. The molecule has 9 heteroatoms. The summed E-state index contributed by atoms with van der Waals surface area (Å²) >= 11 is 12.7. The highest BCUT2D eigenvalue weighted by Gasteiger charge is 2.35. The van der Waals surface area contributed by atoms with E-state index in [4.69, 9.17) is 28.3 Å². The molecule has 0 atom stereocenters. The summed E-state index contributed by atoms with van der Waals surface area (Å²) in [6.45, 7) is 0.445. The van der Waals surface area contributed by atoms with E-state index in [2.05, 4.69) is 5.32 Å². The van der Waals surface area contributed by atoms with Crippen LogP contribution in [0.3, 0.4) is 0 Å². The van der Waals surface area contributed by atoms with Gasteiger partial charge in [-0.2, -0.15) is 5.10 Å². The number of aromatic nitrogens is 2. The Bertz CT molecular complexity index is 1500. The van der Waals surface area contributed by atoms with Crippen LogP contribution in [-0.2, 0) is 16.6 Å². The van der Waals surface area contributed by atoms with E-state index in [1.165, 1.54) is 16.8 Å². The van der Waals surface area contributed by atoms with Gasteiger partial charge in [0.05, 0.1) is 27.5 Å². The van der Waals surface area contributed by atoms with Crippen molar-refractivity contribution in [2.45, 2.75) is 6.54 Å². The van der Waals surface area contributed by atoms with Crippen molar-refractivity contribution in [2.24, 2.45) is 0 Å². The Hall–Kier alpha value is -3.26. The predicted octanol–water partition coefficient (Wildman–Crippen LogP) is 5.71. The normalized spacial score (nSPS) is 14.4. The third-order valence-corrected chi connectivity index (χ3v) is 7.65. The lowest BCUT2D eigenvalue weighted by atomic mass is 10.1. The quantitative estimate of drug-likeness (QED) is 0.373. The molecule has 0 saturated carbocycles. The van der Waals surface area contributed by atoms with Gasteiger partial charge in [0.15, 0.2) is 0 Å². The molecule has 5 rings (SSSR count). The molecule has 0 bridgehead atoms. The molecule has 3 aromatic carbocycles. The lowest BCUT2D eigenvalue weighted by Gasteiger charge is -2.25. The molecule has 0 amide bonds. The van der Waals surface area contributed by atoms with Crippen molar-refractivity contribution in [1.29, 1.82) is 0 Å². The summed E-state index contributed by atoms with van der Waals surface area (Å²) in [6, 6.07) is 24.3. The van der Waals surface area contributed by atoms with E-state index in [-0.39, 0.29) is 0 Å². The number of para-hydroxylation sites is 1. The molecular weight excluding hydrogens is 491 g/mol. The van der Waals surface area contributed by atoms with Gasteiger partial charge in [0.25, 0.3) is 10.0 Å². The molecule has 0 unspecified atom stereocenters. The van der Waals surface area contributed by atoms with E-state index in [1.54, 1.807) is 22.9 Å².